The summed E-state index contributed by atoms with van der Waals surface area (Å²) in [5, 5.41) is 3.12. The molecule has 0 aliphatic carbocycles. The molecule has 0 aromatic heterocycles. The predicted molar refractivity (Wildman–Crippen MR) is 82.7 cm³/mol. The van der Waals surface area contributed by atoms with Gasteiger partial charge < -0.3 is 15.8 Å². The van der Waals surface area contributed by atoms with Gasteiger partial charge in [0.25, 0.3) is 0 Å². The number of nitrogens with two attached hydrogens (primary N) is 1. The van der Waals surface area contributed by atoms with Crippen molar-refractivity contribution >= 4 is 27.5 Å². The highest BCUT2D eigenvalue weighted by molar-refractivity contribution is 9.10. The summed E-state index contributed by atoms with van der Waals surface area (Å²) in [7, 11) is 1.58. The molecule has 0 aliphatic heterocycles. The van der Waals surface area contributed by atoms with E-state index in [1.807, 2.05) is 48.5 Å². The largest absolute Gasteiger partial charge is 0.495 e. The average molecular weight is 335 g/mol. The molecule has 0 radical (unpaired) electrons. The summed E-state index contributed by atoms with van der Waals surface area (Å²) in [5.41, 5.74) is 7.01. The van der Waals surface area contributed by atoms with Crippen LogP contribution in [-0.2, 0) is 4.79 Å². The van der Waals surface area contributed by atoms with Crippen LogP contribution >= 0.6 is 15.9 Å². The van der Waals surface area contributed by atoms with E-state index in [1.165, 1.54) is 0 Å². The second-order valence-corrected chi connectivity index (χ2v) is 5.15. The van der Waals surface area contributed by atoms with Gasteiger partial charge in [-0.1, -0.05) is 40.2 Å². The van der Waals surface area contributed by atoms with Gasteiger partial charge in [-0.15, -0.1) is 0 Å². The lowest BCUT2D eigenvalue weighted by atomic mass is 10.1. The van der Waals surface area contributed by atoms with E-state index >= 15 is 0 Å². The minimum Gasteiger partial charge on any atom is -0.495 e. The Morgan fingerprint density at radius 1 is 1.20 bits per heavy atom. The van der Waals surface area contributed by atoms with Gasteiger partial charge in [0.15, 0.2) is 0 Å². The molecule has 4 nitrogen and oxygen atoms in total. The molecular weight excluding hydrogens is 320 g/mol. The molecule has 0 spiro atoms. The van der Waals surface area contributed by atoms with Crippen molar-refractivity contribution in [3.05, 3.63) is 58.6 Å². The van der Waals surface area contributed by atoms with Crippen molar-refractivity contribution in [2.45, 2.75) is 6.04 Å². The summed E-state index contributed by atoms with van der Waals surface area (Å²) in [6, 6.07) is 14.2. The van der Waals surface area contributed by atoms with E-state index in [2.05, 4.69) is 21.2 Å². The maximum atomic E-state index is 11.7. The van der Waals surface area contributed by atoms with E-state index in [0.29, 0.717) is 5.75 Å². The quantitative estimate of drug-likeness (QED) is 0.883. The number of carbonyl (C=O) groups excluding carboxylic acids is 1. The SMILES string of the molecule is COc1ccccc1N[C@H](C(N)=O)c1ccc(Br)cc1. The zero-order valence-corrected chi connectivity index (χ0v) is 12.6. The molecule has 0 aliphatic rings. The van der Waals surface area contributed by atoms with Crippen LogP contribution in [0, 0.1) is 0 Å². The number of anilines is 1. The number of methoxy groups -OCH3 is 1. The summed E-state index contributed by atoms with van der Waals surface area (Å²) >= 11 is 3.36. The number of hydrogen-bond donors (Lipinski definition) is 2. The second-order valence-electron chi connectivity index (χ2n) is 4.23. The number of carbonyl (C=O) groups is 1. The van der Waals surface area contributed by atoms with Crippen LogP contribution < -0.4 is 15.8 Å². The number of hydrogen-bond acceptors (Lipinski definition) is 3. The fourth-order valence-electron chi connectivity index (χ4n) is 1.89. The smallest absolute Gasteiger partial charge is 0.244 e. The van der Waals surface area contributed by atoms with Gasteiger partial charge in [0.2, 0.25) is 5.91 Å². The Kier molecular flexibility index (Phi) is 4.63. The molecule has 2 aromatic rings. The van der Waals surface area contributed by atoms with Gasteiger partial charge in [-0.05, 0) is 29.8 Å². The van der Waals surface area contributed by atoms with E-state index < -0.39 is 11.9 Å². The molecule has 2 rings (SSSR count). The van der Waals surface area contributed by atoms with Crippen molar-refractivity contribution in [3.63, 3.8) is 0 Å². The topological polar surface area (TPSA) is 64.3 Å². The van der Waals surface area contributed by atoms with Crippen molar-refractivity contribution in [3.8, 4) is 5.75 Å². The zero-order valence-electron chi connectivity index (χ0n) is 11.0. The van der Waals surface area contributed by atoms with Gasteiger partial charge in [-0.3, -0.25) is 4.79 Å². The lowest BCUT2D eigenvalue weighted by molar-refractivity contribution is -0.118. The van der Waals surface area contributed by atoms with Crippen LogP contribution in [0.2, 0.25) is 0 Å². The Morgan fingerprint density at radius 3 is 2.45 bits per heavy atom. The van der Waals surface area contributed by atoms with E-state index in [0.717, 1.165) is 15.7 Å². The molecule has 0 heterocycles. The first kappa shape index (κ1) is 14.4. The van der Waals surface area contributed by atoms with Crippen LogP contribution in [-0.4, -0.2) is 13.0 Å². The van der Waals surface area contributed by atoms with Crippen molar-refractivity contribution in [2.75, 3.05) is 12.4 Å². The molecule has 0 saturated carbocycles. The van der Waals surface area contributed by atoms with Crippen molar-refractivity contribution in [1.82, 2.24) is 0 Å². The number of halogens is 1. The second kappa shape index (κ2) is 6.43. The maximum absolute atomic E-state index is 11.7. The Hall–Kier alpha value is -2.01. The molecule has 3 N–H and O–H groups in total. The molecule has 5 heteroatoms. The number of amides is 1. The molecule has 0 unspecified atom stereocenters. The molecule has 1 atom stereocenters. The summed E-state index contributed by atoms with van der Waals surface area (Å²) in [5.74, 6) is 0.217. The predicted octanol–water partition coefficient (Wildman–Crippen LogP) is 3.10. The number of rotatable bonds is 5. The first-order valence-corrected chi connectivity index (χ1v) is 6.85. The molecule has 104 valence electrons. The van der Waals surface area contributed by atoms with Crippen LogP contribution in [0.4, 0.5) is 5.69 Å². The number of para-hydroxylation sites is 2. The number of benzene rings is 2. The van der Waals surface area contributed by atoms with Gasteiger partial charge >= 0.3 is 0 Å². The molecule has 1 amide bonds. The highest BCUT2D eigenvalue weighted by atomic mass is 79.9. The van der Waals surface area contributed by atoms with Crippen LogP contribution in [0.5, 0.6) is 5.75 Å². The Bertz CT molecular complexity index is 599. The standard InChI is InChI=1S/C15H15BrN2O2/c1-20-13-5-3-2-4-12(13)18-14(15(17)19)10-6-8-11(16)9-7-10/h2-9,14,18H,1H3,(H2,17,19)/t14-/m0/s1. The van der Waals surface area contributed by atoms with Gasteiger partial charge in [-0.2, -0.15) is 0 Å². The van der Waals surface area contributed by atoms with Crippen molar-refractivity contribution < 1.29 is 9.53 Å². The minimum absolute atomic E-state index is 0.446. The Morgan fingerprint density at radius 2 is 1.85 bits per heavy atom. The normalized spacial score (nSPS) is 11.7. The summed E-state index contributed by atoms with van der Waals surface area (Å²) in [4.78, 5) is 11.7. The monoisotopic (exact) mass is 334 g/mol. The van der Waals surface area contributed by atoms with Gasteiger partial charge in [-0.25, -0.2) is 0 Å². The Labute approximate surface area is 126 Å². The molecule has 2 aromatic carbocycles. The molecule has 0 bridgehead atoms. The van der Waals surface area contributed by atoms with Crippen molar-refractivity contribution in [1.29, 1.82) is 0 Å². The molecule has 0 fully saturated rings. The third kappa shape index (κ3) is 3.30. The van der Waals surface area contributed by atoms with Gasteiger partial charge in [0.05, 0.1) is 12.8 Å². The first-order valence-electron chi connectivity index (χ1n) is 6.06. The summed E-state index contributed by atoms with van der Waals surface area (Å²) in [6.45, 7) is 0. The van der Waals surface area contributed by atoms with Crippen LogP contribution in [0.1, 0.15) is 11.6 Å². The fourth-order valence-corrected chi connectivity index (χ4v) is 2.16. The number of ether oxygens (including phenoxy) is 1. The number of nitrogens with one attached hydrogen (secondary N) is 1. The van der Waals surface area contributed by atoms with Crippen LogP contribution in [0.25, 0.3) is 0 Å². The average Bonchev–Trinajstić information content (AvgIpc) is 2.46. The van der Waals surface area contributed by atoms with Crippen LogP contribution in [0.15, 0.2) is 53.0 Å². The lowest BCUT2D eigenvalue weighted by Crippen LogP contribution is -2.27. The maximum Gasteiger partial charge on any atom is 0.244 e. The minimum atomic E-state index is -0.612. The molecular formula is C15H15BrN2O2. The lowest BCUT2D eigenvalue weighted by Gasteiger charge is -2.19. The van der Waals surface area contributed by atoms with E-state index in [4.69, 9.17) is 10.5 Å². The van der Waals surface area contributed by atoms with Crippen LogP contribution in [0.3, 0.4) is 0 Å². The summed E-state index contributed by atoms with van der Waals surface area (Å²) in [6.07, 6.45) is 0. The Balaban J connectivity index is 2.30. The first-order chi connectivity index (χ1) is 9.61. The third-order valence-corrected chi connectivity index (χ3v) is 3.42. The zero-order chi connectivity index (χ0) is 14.5. The van der Waals surface area contributed by atoms with E-state index in [-0.39, 0.29) is 0 Å². The highest BCUT2D eigenvalue weighted by Crippen LogP contribution is 2.28. The number of primary amides is 1. The van der Waals surface area contributed by atoms with E-state index in [1.54, 1.807) is 7.11 Å². The van der Waals surface area contributed by atoms with Gasteiger partial charge in [0.1, 0.15) is 11.8 Å². The summed E-state index contributed by atoms with van der Waals surface area (Å²) < 4.78 is 6.20. The third-order valence-electron chi connectivity index (χ3n) is 2.89. The fraction of sp³-hybridized carbons (Fsp3) is 0.133. The van der Waals surface area contributed by atoms with Crippen molar-refractivity contribution in [2.24, 2.45) is 5.73 Å². The molecule has 0 saturated heterocycles. The highest BCUT2D eigenvalue weighted by Gasteiger charge is 2.18. The van der Waals surface area contributed by atoms with E-state index in [9.17, 15) is 4.79 Å². The van der Waals surface area contributed by atoms with Gasteiger partial charge in [0, 0.05) is 4.47 Å². The molecule has 20 heavy (non-hydrogen) atoms.